The predicted molar refractivity (Wildman–Crippen MR) is 145 cm³/mol. The Hall–Kier alpha value is -3.32. The van der Waals surface area contributed by atoms with Gasteiger partial charge in [-0.2, -0.15) is 0 Å². The summed E-state index contributed by atoms with van der Waals surface area (Å²) in [5.74, 6) is 1.02. The smallest absolute Gasteiger partial charge is 0.243 e. The third-order valence-corrected chi connectivity index (χ3v) is 6.43. The summed E-state index contributed by atoms with van der Waals surface area (Å²) < 4.78 is 11.7. The molecule has 0 fully saturated rings. The van der Waals surface area contributed by atoms with Crippen molar-refractivity contribution in [1.82, 2.24) is 10.2 Å². The van der Waals surface area contributed by atoms with Gasteiger partial charge in [0.2, 0.25) is 11.8 Å². The summed E-state index contributed by atoms with van der Waals surface area (Å²) in [6.07, 6.45) is 1.21. The number of hydrogen-bond donors (Lipinski definition) is 1. The lowest BCUT2D eigenvalue weighted by molar-refractivity contribution is -0.141. The number of rotatable bonds is 12. The van der Waals surface area contributed by atoms with Crippen LogP contribution in [0.5, 0.6) is 11.5 Å². The molecule has 0 unspecified atom stereocenters. The van der Waals surface area contributed by atoms with Crippen molar-refractivity contribution in [3.63, 3.8) is 0 Å². The largest absolute Gasteiger partial charge is 0.493 e. The van der Waals surface area contributed by atoms with E-state index < -0.39 is 6.04 Å². The minimum atomic E-state index is -0.635. The van der Waals surface area contributed by atoms with Crippen LogP contribution in [0, 0.1) is 0 Å². The molecule has 1 N–H and O–H groups in total. The zero-order valence-electron chi connectivity index (χ0n) is 21.0. The Balaban J connectivity index is 1.88. The summed E-state index contributed by atoms with van der Waals surface area (Å²) in [4.78, 5) is 28.6. The number of methoxy groups -OCH3 is 2. The van der Waals surface area contributed by atoms with E-state index in [9.17, 15) is 9.59 Å². The summed E-state index contributed by atoms with van der Waals surface area (Å²) in [5.41, 5.74) is 2.91. The molecular formula is C29H33BrN2O4. The van der Waals surface area contributed by atoms with E-state index in [1.54, 1.807) is 19.1 Å². The van der Waals surface area contributed by atoms with Gasteiger partial charge in [0.05, 0.1) is 14.2 Å². The second kappa shape index (κ2) is 13.7. The van der Waals surface area contributed by atoms with Crippen LogP contribution in [-0.4, -0.2) is 43.5 Å². The molecule has 3 rings (SSSR count). The number of benzene rings is 3. The molecule has 36 heavy (non-hydrogen) atoms. The molecule has 0 aliphatic rings. The molecule has 1 atom stereocenters. The maximum absolute atomic E-state index is 13.7. The molecule has 190 valence electrons. The Morgan fingerprint density at radius 3 is 2.28 bits per heavy atom. The Bertz CT molecular complexity index is 1150. The fourth-order valence-electron chi connectivity index (χ4n) is 4.11. The highest BCUT2D eigenvalue weighted by Crippen LogP contribution is 2.28. The van der Waals surface area contributed by atoms with E-state index in [1.807, 2.05) is 79.7 Å². The molecule has 7 heteroatoms. The molecule has 0 spiro atoms. The molecule has 3 aromatic carbocycles. The third-order valence-electron chi connectivity index (χ3n) is 5.94. The predicted octanol–water partition coefficient (Wildman–Crippen LogP) is 5.18. The van der Waals surface area contributed by atoms with Gasteiger partial charge in [-0.05, 0) is 54.3 Å². The van der Waals surface area contributed by atoms with E-state index in [0.29, 0.717) is 37.4 Å². The third kappa shape index (κ3) is 7.59. The molecule has 0 radical (unpaired) electrons. The molecule has 0 aromatic heterocycles. The van der Waals surface area contributed by atoms with Crippen LogP contribution in [0.3, 0.4) is 0 Å². The molecule has 3 aromatic rings. The van der Waals surface area contributed by atoms with Crippen molar-refractivity contribution < 1.29 is 19.1 Å². The van der Waals surface area contributed by atoms with E-state index in [1.165, 1.54) is 0 Å². The van der Waals surface area contributed by atoms with Gasteiger partial charge >= 0.3 is 0 Å². The van der Waals surface area contributed by atoms with Crippen molar-refractivity contribution >= 4 is 27.7 Å². The summed E-state index contributed by atoms with van der Waals surface area (Å²) in [6.45, 7) is 2.71. The van der Waals surface area contributed by atoms with Gasteiger partial charge in [0.15, 0.2) is 11.5 Å². The van der Waals surface area contributed by atoms with Gasteiger partial charge in [0.25, 0.3) is 0 Å². The minimum absolute atomic E-state index is 0.0862. The summed E-state index contributed by atoms with van der Waals surface area (Å²) in [5, 5.41) is 2.93. The molecule has 6 nitrogen and oxygen atoms in total. The molecule has 0 saturated heterocycles. The first-order chi connectivity index (χ1) is 17.4. The SMILES string of the molecule is CCNC(=O)[C@@H](Cc1ccccc1)N(Cc1cccc(Br)c1)C(=O)CCc1ccc(OC)c(OC)c1. The molecule has 2 amide bonds. The van der Waals surface area contributed by atoms with Crippen LogP contribution < -0.4 is 14.8 Å². The van der Waals surface area contributed by atoms with Gasteiger partial charge in [-0.15, -0.1) is 0 Å². The lowest BCUT2D eigenvalue weighted by Crippen LogP contribution is -2.50. The van der Waals surface area contributed by atoms with Crippen molar-refractivity contribution in [2.24, 2.45) is 0 Å². The minimum Gasteiger partial charge on any atom is -0.493 e. The van der Waals surface area contributed by atoms with Gasteiger partial charge in [-0.1, -0.05) is 64.5 Å². The topological polar surface area (TPSA) is 67.9 Å². The monoisotopic (exact) mass is 552 g/mol. The molecule has 0 bridgehead atoms. The quantitative estimate of drug-likeness (QED) is 0.336. The molecule has 0 saturated carbocycles. The number of ether oxygens (including phenoxy) is 2. The van der Waals surface area contributed by atoms with E-state index in [-0.39, 0.29) is 18.2 Å². The lowest BCUT2D eigenvalue weighted by Gasteiger charge is -2.31. The van der Waals surface area contributed by atoms with Crippen molar-refractivity contribution in [3.05, 3.63) is 94.0 Å². The van der Waals surface area contributed by atoms with E-state index >= 15 is 0 Å². The average molecular weight is 553 g/mol. The zero-order chi connectivity index (χ0) is 25.9. The second-order valence-corrected chi connectivity index (χ2v) is 9.36. The first-order valence-electron chi connectivity index (χ1n) is 12.0. The van der Waals surface area contributed by atoms with Crippen LogP contribution in [0.2, 0.25) is 0 Å². The Morgan fingerprint density at radius 2 is 1.61 bits per heavy atom. The maximum atomic E-state index is 13.7. The van der Waals surface area contributed by atoms with Crippen LogP contribution >= 0.6 is 15.9 Å². The number of carbonyl (C=O) groups is 2. The number of likely N-dealkylation sites (N-methyl/N-ethyl adjacent to an activating group) is 1. The number of carbonyl (C=O) groups excluding carboxylic acids is 2. The van der Waals surface area contributed by atoms with Crippen LogP contribution in [0.25, 0.3) is 0 Å². The van der Waals surface area contributed by atoms with Crippen LogP contribution in [0.15, 0.2) is 77.3 Å². The van der Waals surface area contributed by atoms with E-state index in [0.717, 1.165) is 21.2 Å². The Morgan fingerprint density at radius 1 is 0.889 bits per heavy atom. The van der Waals surface area contributed by atoms with E-state index in [2.05, 4.69) is 21.2 Å². The highest BCUT2D eigenvalue weighted by atomic mass is 79.9. The zero-order valence-corrected chi connectivity index (χ0v) is 22.6. The van der Waals surface area contributed by atoms with Crippen molar-refractivity contribution in [1.29, 1.82) is 0 Å². The molecule has 0 aliphatic carbocycles. The Labute approximate surface area is 221 Å². The number of nitrogens with zero attached hydrogens (tertiary/aromatic N) is 1. The van der Waals surface area contributed by atoms with Crippen molar-refractivity contribution in [3.8, 4) is 11.5 Å². The number of aryl methyl sites for hydroxylation is 1. The van der Waals surface area contributed by atoms with Crippen LogP contribution in [0.1, 0.15) is 30.0 Å². The summed E-state index contributed by atoms with van der Waals surface area (Å²) in [7, 11) is 3.18. The summed E-state index contributed by atoms with van der Waals surface area (Å²) in [6, 6.07) is 22.6. The van der Waals surface area contributed by atoms with Crippen LogP contribution in [0.4, 0.5) is 0 Å². The fourth-order valence-corrected chi connectivity index (χ4v) is 4.56. The second-order valence-electron chi connectivity index (χ2n) is 8.44. The fraction of sp³-hybridized carbons (Fsp3) is 0.310. The maximum Gasteiger partial charge on any atom is 0.243 e. The van der Waals surface area contributed by atoms with Gasteiger partial charge < -0.3 is 19.7 Å². The number of hydrogen-bond acceptors (Lipinski definition) is 4. The van der Waals surface area contributed by atoms with Crippen LogP contribution in [-0.2, 0) is 29.0 Å². The highest BCUT2D eigenvalue weighted by Gasteiger charge is 2.30. The lowest BCUT2D eigenvalue weighted by atomic mass is 10.0. The number of amides is 2. The normalized spacial score (nSPS) is 11.4. The summed E-state index contributed by atoms with van der Waals surface area (Å²) >= 11 is 3.52. The standard InChI is InChI=1S/C29H33BrN2O4/c1-4-31-29(34)25(18-21-9-6-5-7-10-21)32(20-23-11-8-12-24(30)17-23)28(33)16-14-22-13-15-26(35-2)27(19-22)36-3/h5-13,15,17,19,25H,4,14,16,18,20H2,1-3H3,(H,31,34)/t25-/m1/s1. The number of nitrogens with one attached hydrogen (secondary N) is 1. The van der Waals surface area contributed by atoms with E-state index in [4.69, 9.17) is 9.47 Å². The molecule has 0 aliphatic heterocycles. The first-order valence-corrected chi connectivity index (χ1v) is 12.8. The van der Waals surface area contributed by atoms with Crippen molar-refractivity contribution in [2.45, 2.75) is 38.8 Å². The molecule has 0 heterocycles. The Kier molecular flexibility index (Phi) is 10.4. The average Bonchev–Trinajstić information content (AvgIpc) is 2.89. The highest BCUT2D eigenvalue weighted by molar-refractivity contribution is 9.10. The van der Waals surface area contributed by atoms with Gasteiger partial charge in [0, 0.05) is 30.4 Å². The number of halogens is 1. The van der Waals surface area contributed by atoms with Gasteiger partial charge in [0.1, 0.15) is 6.04 Å². The first kappa shape index (κ1) is 27.3. The van der Waals surface area contributed by atoms with Gasteiger partial charge in [-0.3, -0.25) is 9.59 Å². The molecular weight excluding hydrogens is 520 g/mol. The van der Waals surface area contributed by atoms with Crippen molar-refractivity contribution in [2.75, 3.05) is 20.8 Å². The van der Waals surface area contributed by atoms with Gasteiger partial charge in [-0.25, -0.2) is 0 Å².